The summed E-state index contributed by atoms with van der Waals surface area (Å²) in [6.45, 7) is 1.33. The van der Waals surface area contributed by atoms with Gasteiger partial charge >= 0.3 is 0 Å². The minimum absolute atomic E-state index is 0.244. The first-order valence-electron chi connectivity index (χ1n) is 6.75. The van der Waals surface area contributed by atoms with Crippen LogP contribution in [0.4, 0.5) is 11.4 Å². The summed E-state index contributed by atoms with van der Waals surface area (Å²) in [5.41, 5.74) is -0.742. The van der Waals surface area contributed by atoms with Crippen LogP contribution in [0.1, 0.15) is 18.4 Å². The lowest BCUT2D eigenvalue weighted by Gasteiger charge is -2.47. The molecule has 0 spiro atoms. The number of hydrogen-bond donors (Lipinski definition) is 1. The fourth-order valence-corrected chi connectivity index (χ4v) is 2.93. The van der Waals surface area contributed by atoms with Gasteiger partial charge in [0.05, 0.1) is 21.5 Å². The summed E-state index contributed by atoms with van der Waals surface area (Å²) in [5, 5.41) is 32.0. The monoisotopic (exact) mass is 293 g/mol. The highest BCUT2D eigenvalue weighted by molar-refractivity contribution is 5.49. The molecule has 1 saturated carbocycles. The molecule has 3 rings (SSSR count). The Balaban J connectivity index is 1.73. The molecule has 1 aliphatic carbocycles. The molecule has 1 aromatic rings. The summed E-state index contributed by atoms with van der Waals surface area (Å²) in [6.07, 6.45) is 2.09. The van der Waals surface area contributed by atoms with E-state index in [2.05, 4.69) is 0 Å². The highest BCUT2D eigenvalue weighted by Crippen LogP contribution is 2.45. The lowest BCUT2D eigenvalue weighted by atomic mass is 9.88. The van der Waals surface area contributed by atoms with E-state index in [1.54, 1.807) is 0 Å². The Morgan fingerprint density at radius 3 is 2.43 bits per heavy atom. The number of benzene rings is 1. The van der Waals surface area contributed by atoms with Crippen molar-refractivity contribution in [2.45, 2.75) is 25.0 Å². The first kappa shape index (κ1) is 13.9. The second-order valence-electron chi connectivity index (χ2n) is 5.85. The second-order valence-corrected chi connectivity index (χ2v) is 5.85. The lowest BCUT2D eigenvalue weighted by Crippen LogP contribution is -2.62. The Hall–Kier alpha value is -2.06. The third-order valence-electron chi connectivity index (χ3n) is 4.20. The Morgan fingerprint density at radius 2 is 1.90 bits per heavy atom. The van der Waals surface area contributed by atoms with Crippen LogP contribution in [-0.4, -0.2) is 38.5 Å². The Bertz CT molecular complexity index is 608. The van der Waals surface area contributed by atoms with Crippen LogP contribution >= 0.6 is 0 Å². The molecule has 2 fully saturated rings. The zero-order valence-corrected chi connectivity index (χ0v) is 11.3. The number of rotatable bonds is 5. The standard InChI is InChI=1S/C13H15N3O5/c17-13(10-2-3-10)7-14(8-13)6-9-1-4-11(15(18)19)5-12(9)16(20)21/h1,4-5,10,17H,2-3,6-8H2. The molecule has 0 aromatic heterocycles. The van der Waals surface area contributed by atoms with Crippen LogP contribution in [-0.2, 0) is 6.54 Å². The van der Waals surface area contributed by atoms with E-state index in [1.165, 1.54) is 12.1 Å². The van der Waals surface area contributed by atoms with Gasteiger partial charge in [0.15, 0.2) is 0 Å². The molecule has 112 valence electrons. The van der Waals surface area contributed by atoms with Crippen LogP contribution < -0.4 is 0 Å². The van der Waals surface area contributed by atoms with Gasteiger partial charge in [-0.25, -0.2) is 0 Å². The molecular weight excluding hydrogens is 278 g/mol. The molecule has 0 atom stereocenters. The van der Waals surface area contributed by atoms with Crippen molar-refractivity contribution in [2.24, 2.45) is 5.92 Å². The number of hydrogen-bond acceptors (Lipinski definition) is 6. The number of nitrogens with zero attached hydrogens (tertiary/aromatic N) is 3. The maximum atomic E-state index is 11.0. The minimum Gasteiger partial charge on any atom is -0.387 e. The summed E-state index contributed by atoms with van der Waals surface area (Å²) in [7, 11) is 0. The number of likely N-dealkylation sites (tertiary alicyclic amines) is 1. The number of β-amino-alcohol motifs (C(OH)–C–C–N with tert-alkyl or cyclic N) is 1. The van der Waals surface area contributed by atoms with Gasteiger partial charge in [-0.3, -0.25) is 25.1 Å². The maximum absolute atomic E-state index is 11.0. The van der Waals surface area contributed by atoms with Crippen molar-refractivity contribution < 1.29 is 15.0 Å². The largest absolute Gasteiger partial charge is 0.387 e. The van der Waals surface area contributed by atoms with Gasteiger partial charge in [-0.15, -0.1) is 0 Å². The van der Waals surface area contributed by atoms with Crippen molar-refractivity contribution in [3.63, 3.8) is 0 Å². The molecule has 2 aliphatic rings. The molecule has 0 amide bonds. The van der Waals surface area contributed by atoms with E-state index >= 15 is 0 Å². The van der Waals surface area contributed by atoms with Crippen LogP contribution in [0.2, 0.25) is 0 Å². The number of nitro benzene ring substituents is 2. The van der Waals surface area contributed by atoms with Crippen LogP contribution in [0.5, 0.6) is 0 Å². The molecular formula is C13H15N3O5. The van der Waals surface area contributed by atoms with Crippen LogP contribution in [0.3, 0.4) is 0 Å². The van der Waals surface area contributed by atoms with Crippen molar-refractivity contribution in [2.75, 3.05) is 13.1 Å². The van der Waals surface area contributed by atoms with Gasteiger partial charge in [-0.1, -0.05) is 0 Å². The maximum Gasteiger partial charge on any atom is 0.280 e. The van der Waals surface area contributed by atoms with Gasteiger partial charge < -0.3 is 5.11 Å². The van der Waals surface area contributed by atoms with Crippen molar-refractivity contribution >= 4 is 11.4 Å². The van der Waals surface area contributed by atoms with E-state index in [9.17, 15) is 25.3 Å². The number of nitro groups is 2. The Kier molecular flexibility index (Phi) is 3.14. The third-order valence-corrected chi connectivity index (χ3v) is 4.20. The number of aliphatic hydroxyl groups is 1. The van der Waals surface area contributed by atoms with Gasteiger partial charge in [0.2, 0.25) is 0 Å². The zero-order valence-electron chi connectivity index (χ0n) is 11.3. The van der Waals surface area contributed by atoms with Crippen molar-refractivity contribution in [3.05, 3.63) is 44.0 Å². The summed E-state index contributed by atoms with van der Waals surface area (Å²) in [4.78, 5) is 22.4. The first-order chi connectivity index (χ1) is 9.89. The van der Waals surface area contributed by atoms with Crippen molar-refractivity contribution in [1.29, 1.82) is 0 Å². The van der Waals surface area contributed by atoms with Gasteiger partial charge in [0.1, 0.15) is 0 Å². The van der Waals surface area contributed by atoms with Crippen molar-refractivity contribution in [1.82, 2.24) is 4.90 Å². The lowest BCUT2D eigenvalue weighted by molar-refractivity contribution is -0.394. The molecule has 1 aromatic carbocycles. The SMILES string of the molecule is O=[N+]([O-])c1ccc(CN2CC(O)(C3CC3)C2)c([N+](=O)[O-])c1. The predicted molar refractivity (Wildman–Crippen MR) is 72.7 cm³/mol. The Labute approximate surface area is 120 Å². The van der Waals surface area contributed by atoms with Gasteiger partial charge in [0.25, 0.3) is 11.4 Å². The average Bonchev–Trinajstić information content (AvgIpc) is 3.21. The predicted octanol–water partition coefficient (Wildman–Crippen LogP) is 1.46. The molecule has 1 saturated heterocycles. The number of non-ortho nitro benzene ring substituents is 1. The molecule has 21 heavy (non-hydrogen) atoms. The summed E-state index contributed by atoms with van der Waals surface area (Å²) in [6, 6.07) is 3.68. The van der Waals surface area contributed by atoms with Crippen LogP contribution in [0.15, 0.2) is 18.2 Å². The quantitative estimate of drug-likeness (QED) is 0.650. The minimum atomic E-state index is -0.647. The normalized spacial score (nSPS) is 20.8. The topological polar surface area (TPSA) is 110 Å². The molecule has 0 bridgehead atoms. The highest BCUT2D eigenvalue weighted by Gasteiger charge is 2.51. The molecule has 0 radical (unpaired) electrons. The van der Waals surface area contributed by atoms with E-state index in [0.717, 1.165) is 18.9 Å². The van der Waals surface area contributed by atoms with Crippen LogP contribution in [0.25, 0.3) is 0 Å². The van der Waals surface area contributed by atoms with Crippen LogP contribution in [0, 0.1) is 26.1 Å². The first-order valence-corrected chi connectivity index (χ1v) is 6.75. The van der Waals surface area contributed by atoms with E-state index in [-0.39, 0.29) is 11.4 Å². The fraction of sp³-hybridized carbons (Fsp3) is 0.538. The van der Waals surface area contributed by atoms with Gasteiger partial charge in [0, 0.05) is 31.3 Å². The molecule has 1 heterocycles. The summed E-state index contributed by atoms with van der Waals surface area (Å²) >= 11 is 0. The van der Waals surface area contributed by atoms with Gasteiger partial charge in [-0.2, -0.15) is 0 Å². The highest BCUT2D eigenvalue weighted by atomic mass is 16.6. The second kappa shape index (κ2) is 4.74. The van der Waals surface area contributed by atoms with Gasteiger partial charge in [-0.05, 0) is 24.8 Å². The molecule has 0 unspecified atom stereocenters. The average molecular weight is 293 g/mol. The zero-order chi connectivity index (χ0) is 15.2. The van der Waals surface area contributed by atoms with Crippen molar-refractivity contribution in [3.8, 4) is 0 Å². The summed E-state index contributed by atoms with van der Waals surface area (Å²) < 4.78 is 0. The molecule has 8 heteroatoms. The smallest absolute Gasteiger partial charge is 0.280 e. The molecule has 1 N–H and O–H groups in total. The summed E-state index contributed by atoms with van der Waals surface area (Å²) in [5.74, 6) is 0.362. The molecule has 8 nitrogen and oxygen atoms in total. The third kappa shape index (κ3) is 2.59. The van der Waals surface area contributed by atoms with E-state index in [1.807, 2.05) is 4.90 Å². The van der Waals surface area contributed by atoms with E-state index in [4.69, 9.17) is 0 Å². The van der Waals surface area contributed by atoms with E-state index < -0.39 is 15.4 Å². The fourth-order valence-electron chi connectivity index (χ4n) is 2.93. The van der Waals surface area contributed by atoms with E-state index in [0.29, 0.717) is 31.1 Å². The Morgan fingerprint density at radius 1 is 1.24 bits per heavy atom. The molecule has 1 aliphatic heterocycles.